The van der Waals surface area contributed by atoms with E-state index in [4.69, 9.17) is 5.73 Å². The third kappa shape index (κ3) is 2.91. The van der Waals surface area contributed by atoms with Gasteiger partial charge in [0.2, 0.25) is 0 Å². The first-order valence-corrected chi connectivity index (χ1v) is 3.56. The average molecular weight is 149 g/mol. The van der Waals surface area contributed by atoms with E-state index in [-0.39, 0.29) is 0 Å². The highest BCUT2D eigenvalue weighted by atomic mass is 14.8. The molecule has 0 saturated carbocycles. The fraction of sp³-hybridized carbons (Fsp3) is 0.250. The summed E-state index contributed by atoms with van der Waals surface area (Å²) in [6, 6.07) is 1.85. The number of hydrogen-bond donors (Lipinski definition) is 1. The van der Waals surface area contributed by atoms with Gasteiger partial charge in [0.15, 0.2) is 0 Å². The Morgan fingerprint density at radius 1 is 1.55 bits per heavy atom. The van der Waals surface area contributed by atoms with E-state index >= 15 is 0 Å². The molecule has 0 atom stereocenters. The van der Waals surface area contributed by atoms with Crippen molar-refractivity contribution in [3.05, 3.63) is 30.4 Å². The molecule has 0 aliphatic heterocycles. The number of nitrogens with zero attached hydrogens (tertiary/aromatic N) is 2. The lowest BCUT2D eigenvalue weighted by Gasteiger charge is -1.88. The van der Waals surface area contributed by atoms with Crippen LogP contribution in [0, 0.1) is 0 Å². The van der Waals surface area contributed by atoms with Crippen molar-refractivity contribution in [2.24, 2.45) is 5.73 Å². The molecule has 0 spiro atoms. The van der Waals surface area contributed by atoms with Crippen molar-refractivity contribution in [2.45, 2.75) is 6.42 Å². The maximum absolute atomic E-state index is 5.31. The standard InChI is InChI=1S/C8H11N3/c9-5-2-1-3-8-4-6-10-7-11-8/h1,3-4,6-7H,2,5,9H2/b3-1+. The molecule has 3 heteroatoms. The van der Waals surface area contributed by atoms with Crippen LogP contribution in [0.3, 0.4) is 0 Å². The molecule has 0 saturated heterocycles. The normalized spacial score (nSPS) is 10.6. The van der Waals surface area contributed by atoms with E-state index in [2.05, 4.69) is 9.97 Å². The summed E-state index contributed by atoms with van der Waals surface area (Å²) in [6.07, 6.45) is 8.08. The molecule has 1 rings (SSSR count). The Morgan fingerprint density at radius 3 is 3.09 bits per heavy atom. The highest BCUT2D eigenvalue weighted by Crippen LogP contribution is 1.94. The largest absolute Gasteiger partial charge is 0.330 e. The summed E-state index contributed by atoms with van der Waals surface area (Å²) in [5.74, 6) is 0. The molecule has 11 heavy (non-hydrogen) atoms. The molecule has 0 aromatic carbocycles. The van der Waals surface area contributed by atoms with E-state index in [0.717, 1.165) is 12.1 Å². The van der Waals surface area contributed by atoms with Crippen LogP contribution in [0.4, 0.5) is 0 Å². The third-order valence-electron chi connectivity index (χ3n) is 1.23. The highest BCUT2D eigenvalue weighted by molar-refractivity contribution is 5.42. The smallest absolute Gasteiger partial charge is 0.115 e. The van der Waals surface area contributed by atoms with Crippen molar-refractivity contribution in [1.29, 1.82) is 0 Å². The Balaban J connectivity index is 2.50. The molecule has 1 aromatic heterocycles. The van der Waals surface area contributed by atoms with Gasteiger partial charge in [0, 0.05) is 6.20 Å². The molecule has 0 bridgehead atoms. The quantitative estimate of drug-likeness (QED) is 0.692. The van der Waals surface area contributed by atoms with Crippen molar-refractivity contribution in [1.82, 2.24) is 9.97 Å². The fourth-order valence-electron chi connectivity index (χ4n) is 0.700. The summed E-state index contributed by atoms with van der Waals surface area (Å²) in [5.41, 5.74) is 6.23. The van der Waals surface area contributed by atoms with Gasteiger partial charge >= 0.3 is 0 Å². The van der Waals surface area contributed by atoms with Crippen molar-refractivity contribution >= 4 is 6.08 Å². The maximum Gasteiger partial charge on any atom is 0.115 e. The van der Waals surface area contributed by atoms with Crippen molar-refractivity contribution in [2.75, 3.05) is 6.54 Å². The predicted molar refractivity (Wildman–Crippen MR) is 44.7 cm³/mol. The predicted octanol–water partition coefficient (Wildman–Crippen LogP) is 0.839. The van der Waals surface area contributed by atoms with Crippen LogP contribution in [0.15, 0.2) is 24.7 Å². The number of rotatable bonds is 3. The zero-order valence-electron chi connectivity index (χ0n) is 6.27. The molecule has 58 valence electrons. The van der Waals surface area contributed by atoms with E-state index in [9.17, 15) is 0 Å². The summed E-state index contributed by atoms with van der Waals surface area (Å²) in [5, 5.41) is 0. The second-order valence-corrected chi connectivity index (χ2v) is 2.11. The molecule has 3 nitrogen and oxygen atoms in total. The maximum atomic E-state index is 5.31. The Bertz CT molecular complexity index is 218. The van der Waals surface area contributed by atoms with Crippen LogP contribution < -0.4 is 5.73 Å². The minimum atomic E-state index is 0.682. The lowest BCUT2D eigenvalue weighted by Crippen LogP contribution is -1.95. The monoisotopic (exact) mass is 149 g/mol. The van der Waals surface area contributed by atoms with Gasteiger partial charge in [-0.15, -0.1) is 0 Å². The summed E-state index contributed by atoms with van der Waals surface area (Å²) >= 11 is 0. The minimum absolute atomic E-state index is 0.682. The highest BCUT2D eigenvalue weighted by Gasteiger charge is 1.82. The van der Waals surface area contributed by atoms with Crippen LogP contribution in [0.2, 0.25) is 0 Å². The molecule has 0 aliphatic rings. The number of hydrogen-bond acceptors (Lipinski definition) is 3. The summed E-state index contributed by atoms with van der Waals surface area (Å²) in [4.78, 5) is 7.82. The van der Waals surface area contributed by atoms with Gasteiger partial charge in [0.25, 0.3) is 0 Å². The molecular formula is C8H11N3. The molecule has 2 N–H and O–H groups in total. The van der Waals surface area contributed by atoms with E-state index < -0.39 is 0 Å². The van der Waals surface area contributed by atoms with Crippen LogP contribution >= 0.6 is 0 Å². The third-order valence-corrected chi connectivity index (χ3v) is 1.23. The second kappa shape index (κ2) is 4.57. The van der Waals surface area contributed by atoms with Crippen LogP contribution in [0.25, 0.3) is 6.08 Å². The SMILES string of the molecule is NCC/C=C/c1ccncn1. The zero-order valence-corrected chi connectivity index (χ0v) is 6.27. The molecule has 0 amide bonds. The van der Waals surface area contributed by atoms with Gasteiger partial charge in [0.1, 0.15) is 6.33 Å². The Morgan fingerprint density at radius 2 is 2.45 bits per heavy atom. The Kier molecular flexibility index (Phi) is 3.28. The van der Waals surface area contributed by atoms with E-state index in [0.29, 0.717) is 6.54 Å². The van der Waals surface area contributed by atoms with E-state index in [1.54, 1.807) is 6.20 Å². The van der Waals surface area contributed by atoms with Crippen LogP contribution in [0.5, 0.6) is 0 Å². The molecule has 0 fully saturated rings. The van der Waals surface area contributed by atoms with Crippen molar-refractivity contribution in [3.8, 4) is 0 Å². The molecule has 1 aromatic rings. The first-order valence-electron chi connectivity index (χ1n) is 3.56. The van der Waals surface area contributed by atoms with Crippen molar-refractivity contribution in [3.63, 3.8) is 0 Å². The Hall–Kier alpha value is -1.22. The summed E-state index contributed by atoms with van der Waals surface area (Å²) < 4.78 is 0. The number of aromatic nitrogens is 2. The molecule has 0 aliphatic carbocycles. The molecular weight excluding hydrogens is 138 g/mol. The number of nitrogens with two attached hydrogens (primary N) is 1. The topological polar surface area (TPSA) is 51.8 Å². The van der Waals surface area contributed by atoms with Gasteiger partial charge in [-0.2, -0.15) is 0 Å². The fourth-order valence-corrected chi connectivity index (χ4v) is 0.700. The molecule has 0 unspecified atom stereocenters. The minimum Gasteiger partial charge on any atom is -0.330 e. The van der Waals surface area contributed by atoms with Crippen LogP contribution in [-0.4, -0.2) is 16.5 Å². The van der Waals surface area contributed by atoms with Gasteiger partial charge in [-0.05, 0) is 25.1 Å². The van der Waals surface area contributed by atoms with E-state index in [1.807, 2.05) is 18.2 Å². The van der Waals surface area contributed by atoms with Crippen LogP contribution in [-0.2, 0) is 0 Å². The van der Waals surface area contributed by atoms with Gasteiger partial charge in [-0.3, -0.25) is 0 Å². The van der Waals surface area contributed by atoms with Crippen LogP contribution in [0.1, 0.15) is 12.1 Å². The summed E-state index contributed by atoms with van der Waals surface area (Å²) in [7, 11) is 0. The Labute approximate surface area is 66.0 Å². The first-order chi connectivity index (χ1) is 5.43. The van der Waals surface area contributed by atoms with Gasteiger partial charge < -0.3 is 5.73 Å². The van der Waals surface area contributed by atoms with E-state index in [1.165, 1.54) is 6.33 Å². The first kappa shape index (κ1) is 7.88. The molecule has 1 heterocycles. The van der Waals surface area contributed by atoms with Crippen molar-refractivity contribution < 1.29 is 0 Å². The lowest BCUT2D eigenvalue weighted by atomic mass is 10.3. The van der Waals surface area contributed by atoms with Gasteiger partial charge in [-0.25, -0.2) is 9.97 Å². The van der Waals surface area contributed by atoms with Gasteiger partial charge in [-0.1, -0.05) is 6.08 Å². The second-order valence-electron chi connectivity index (χ2n) is 2.11. The molecule has 0 radical (unpaired) electrons. The zero-order chi connectivity index (χ0) is 7.94. The lowest BCUT2D eigenvalue weighted by molar-refractivity contribution is 1.01. The average Bonchev–Trinajstić information content (AvgIpc) is 2.07. The van der Waals surface area contributed by atoms with Gasteiger partial charge in [0.05, 0.1) is 5.69 Å². The summed E-state index contributed by atoms with van der Waals surface area (Å²) in [6.45, 7) is 0.682.